The van der Waals surface area contributed by atoms with Crippen molar-refractivity contribution in [2.75, 3.05) is 0 Å². The Morgan fingerprint density at radius 2 is 1.25 bits per heavy atom. The number of furan rings is 1. The van der Waals surface area contributed by atoms with Gasteiger partial charge >= 0.3 is 0 Å². The molecule has 3 nitrogen and oxygen atoms in total. The van der Waals surface area contributed by atoms with Crippen LogP contribution in [0.1, 0.15) is 0 Å². The highest BCUT2D eigenvalue weighted by atomic mass is 16.3. The summed E-state index contributed by atoms with van der Waals surface area (Å²) in [5.74, 6) is 0.945. The maximum Gasteiger partial charge on any atom is 0.145 e. The molecule has 0 unspecified atom stereocenters. The highest BCUT2D eigenvalue weighted by molar-refractivity contribution is 6.26. The summed E-state index contributed by atoms with van der Waals surface area (Å²) >= 11 is 0. The van der Waals surface area contributed by atoms with Crippen LogP contribution in [0.3, 0.4) is 0 Å². The maximum absolute atomic E-state index is 6.39. The fourth-order valence-electron chi connectivity index (χ4n) is 7.15. The number of aromatic nitrogens is 2. The summed E-state index contributed by atoms with van der Waals surface area (Å²) in [6.45, 7) is 0. The third-order valence-electron chi connectivity index (χ3n) is 9.15. The van der Waals surface area contributed by atoms with Crippen molar-refractivity contribution >= 4 is 43.7 Å². The summed E-state index contributed by atoms with van der Waals surface area (Å²) in [5, 5.41) is 4.79. The normalized spacial score (nSPS) is 12.1. The summed E-state index contributed by atoms with van der Waals surface area (Å²) < 4.78 is 8.65. The van der Waals surface area contributed by atoms with Crippen molar-refractivity contribution in [3.8, 4) is 50.5 Å². The van der Waals surface area contributed by atoms with E-state index in [9.17, 15) is 0 Å². The van der Waals surface area contributed by atoms with E-state index in [-0.39, 0.29) is 0 Å². The van der Waals surface area contributed by atoms with E-state index in [0.717, 1.165) is 44.7 Å². The first-order valence-corrected chi connectivity index (χ1v) is 15.0. The van der Waals surface area contributed by atoms with Crippen molar-refractivity contribution in [1.29, 1.82) is 0 Å². The molecule has 7 aromatic carbocycles. The highest BCUT2D eigenvalue weighted by Crippen LogP contribution is 2.51. The van der Waals surface area contributed by atoms with Gasteiger partial charge in [0.1, 0.15) is 17.0 Å². The molecule has 0 saturated heterocycles. The molecule has 0 aliphatic heterocycles. The minimum absolute atomic E-state index is 0.932. The Morgan fingerprint density at radius 3 is 2.16 bits per heavy atom. The summed E-state index contributed by atoms with van der Waals surface area (Å²) in [5.41, 5.74) is 13.7. The van der Waals surface area contributed by atoms with Crippen molar-refractivity contribution in [2.24, 2.45) is 0 Å². The molecule has 44 heavy (non-hydrogen) atoms. The topological polar surface area (TPSA) is 31.0 Å². The lowest BCUT2D eigenvalue weighted by Gasteiger charge is -2.12. The SMILES string of the molecule is c1ccc(-c2nc3ccccc3n2-c2ccc(-c3ccc4c(c3)-c3cc5c6ccccc6oc5c5cccc-4c35)cc2)cc1. The monoisotopic (exact) mass is 560 g/mol. The number of hydrogen-bond acceptors (Lipinski definition) is 2. The lowest BCUT2D eigenvalue weighted by Crippen LogP contribution is -1.97. The summed E-state index contributed by atoms with van der Waals surface area (Å²) in [6, 6.07) is 51.8. The van der Waals surface area contributed by atoms with E-state index < -0.39 is 0 Å². The van der Waals surface area contributed by atoms with Gasteiger partial charge in [0.2, 0.25) is 0 Å². The van der Waals surface area contributed by atoms with Crippen LogP contribution < -0.4 is 0 Å². The first kappa shape index (κ1) is 23.6. The second-order valence-electron chi connectivity index (χ2n) is 11.6. The van der Waals surface area contributed by atoms with Gasteiger partial charge in [0, 0.05) is 32.8 Å². The Morgan fingerprint density at radius 1 is 0.477 bits per heavy atom. The quantitative estimate of drug-likeness (QED) is 0.215. The fourth-order valence-corrected chi connectivity index (χ4v) is 7.15. The molecule has 0 bridgehead atoms. The van der Waals surface area contributed by atoms with Gasteiger partial charge in [0.15, 0.2) is 0 Å². The standard InChI is InChI=1S/C41H24N2O/c1-2-9-26(10-3-1)41-42-36-14-5-6-15-37(36)43(41)28-20-17-25(18-21-28)27-19-22-29-31-12-8-13-32-39(31)34(33(29)23-27)24-35-30-11-4-7-16-38(30)44-40(32)35/h1-24H. The van der Waals surface area contributed by atoms with Gasteiger partial charge < -0.3 is 4.42 Å². The zero-order valence-electron chi connectivity index (χ0n) is 23.7. The Kier molecular flexibility index (Phi) is 4.72. The highest BCUT2D eigenvalue weighted by Gasteiger charge is 2.25. The molecule has 0 atom stereocenters. The molecule has 0 fully saturated rings. The second-order valence-corrected chi connectivity index (χ2v) is 11.6. The van der Waals surface area contributed by atoms with Crippen LogP contribution >= 0.6 is 0 Å². The van der Waals surface area contributed by atoms with Gasteiger partial charge in [-0.1, -0.05) is 103 Å². The molecule has 10 rings (SSSR count). The number of rotatable bonds is 3. The molecule has 0 radical (unpaired) electrons. The van der Waals surface area contributed by atoms with Crippen molar-refractivity contribution in [1.82, 2.24) is 9.55 Å². The van der Waals surface area contributed by atoms with Crippen molar-refractivity contribution in [3.63, 3.8) is 0 Å². The largest absolute Gasteiger partial charge is 0.455 e. The zero-order chi connectivity index (χ0) is 28.8. The van der Waals surface area contributed by atoms with E-state index in [0.29, 0.717) is 0 Å². The van der Waals surface area contributed by atoms with Gasteiger partial charge in [-0.2, -0.15) is 0 Å². The number of hydrogen-bond donors (Lipinski definition) is 0. The summed E-state index contributed by atoms with van der Waals surface area (Å²) in [7, 11) is 0. The van der Waals surface area contributed by atoms with E-state index in [1.807, 2.05) is 18.2 Å². The molecular formula is C41H24N2O. The molecule has 0 spiro atoms. The molecule has 3 heteroatoms. The first-order chi connectivity index (χ1) is 21.8. The Bertz CT molecular complexity index is 2590. The second kappa shape index (κ2) is 8.79. The Labute approximate surface area is 253 Å². The van der Waals surface area contributed by atoms with Crippen LogP contribution in [0.25, 0.3) is 94.2 Å². The van der Waals surface area contributed by atoms with E-state index in [1.165, 1.54) is 49.5 Å². The first-order valence-electron chi connectivity index (χ1n) is 15.0. The minimum Gasteiger partial charge on any atom is -0.455 e. The molecule has 2 aromatic heterocycles. The van der Waals surface area contributed by atoms with Crippen molar-refractivity contribution < 1.29 is 4.42 Å². The van der Waals surface area contributed by atoms with E-state index >= 15 is 0 Å². The van der Waals surface area contributed by atoms with Crippen LogP contribution in [-0.4, -0.2) is 9.55 Å². The maximum atomic E-state index is 6.39. The van der Waals surface area contributed by atoms with Crippen molar-refractivity contribution in [2.45, 2.75) is 0 Å². The Hall–Kier alpha value is -5.93. The molecule has 204 valence electrons. The van der Waals surface area contributed by atoms with Gasteiger partial charge in [0.25, 0.3) is 0 Å². The van der Waals surface area contributed by atoms with Crippen LogP contribution in [0.4, 0.5) is 0 Å². The number of benzene rings is 7. The van der Waals surface area contributed by atoms with Crippen molar-refractivity contribution in [3.05, 3.63) is 146 Å². The molecule has 1 aliphatic rings. The van der Waals surface area contributed by atoms with E-state index in [1.54, 1.807) is 0 Å². The van der Waals surface area contributed by atoms with Gasteiger partial charge in [-0.05, 0) is 75.8 Å². The fraction of sp³-hybridized carbons (Fsp3) is 0. The number of para-hydroxylation sites is 3. The molecule has 0 N–H and O–H groups in total. The smallest absolute Gasteiger partial charge is 0.145 e. The Balaban J connectivity index is 1.11. The number of imidazole rings is 1. The third kappa shape index (κ3) is 3.24. The average molecular weight is 561 g/mol. The number of fused-ring (bicyclic) bond motifs is 8. The minimum atomic E-state index is 0.932. The van der Waals surface area contributed by atoms with Gasteiger partial charge in [-0.15, -0.1) is 0 Å². The average Bonchev–Trinajstić information content (AvgIpc) is 3.76. The lowest BCUT2D eigenvalue weighted by molar-refractivity contribution is 0.672. The van der Waals surface area contributed by atoms with Gasteiger partial charge in [0.05, 0.1) is 11.0 Å². The summed E-state index contributed by atoms with van der Waals surface area (Å²) in [6.07, 6.45) is 0. The lowest BCUT2D eigenvalue weighted by atomic mass is 9.96. The predicted octanol–water partition coefficient (Wildman–Crippen LogP) is 11.1. The molecule has 2 heterocycles. The van der Waals surface area contributed by atoms with E-state index in [4.69, 9.17) is 9.40 Å². The van der Waals surface area contributed by atoms with Crippen LogP contribution in [0.2, 0.25) is 0 Å². The van der Waals surface area contributed by atoms with Gasteiger partial charge in [-0.3, -0.25) is 4.57 Å². The molecule has 0 amide bonds. The van der Waals surface area contributed by atoms with Crippen LogP contribution in [0, 0.1) is 0 Å². The van der Waals surface area contributed by atoms with E-state index in [2.05, 4.69) is 132 Å². The number of nitrogens with zero attached hydrogens (tertiary/aromatic N) is 2. The summed E-state index contributed by atoms with van der Waals surface area (Å²) in [4.78, 5) is 5.01. The molecule has 9 aromatic rings. The zero-order valence-corrected chi connectivity index (χ0v) is 23.7. The molecule has 0 saturated carbocycles. The molecular weight excluding hydrogens is 536 g/mol. The van der Waals surface area contributed by atoms with Crippen LogP contribution in [0.15, 0.2) is 150 Å². The third-order valence-corrected chi connectivity index (χ3v) is 9.15. The van der Waals surface area contributed by atoms with Gasteiger partial charge in [-0.25, -0.2) is 4.98 Å². The predicted molar refractivity (Wildman–Crippen MR) is 181 cm³/mol. The molecule has 1 aliphatic carbocycles. The van der Waals surface area contributed by atoms with Crippen LogP contribution in [0.5, 0.6) is 0 Å². The van der Waals surface area contributed by atoms with Crippen LogP contribution in [-0.2, 0) is 0 Å².